The van der Waals surface area contributed by atoms with E-state index in [0.717, 1.165) is 23.3 Å². The van der Waals surface area contributed by atoms with Crippen LogP contribution in [0.15, 0.2) is 42.5 Å². The fourth-order valence-electron chi connectivity index (χ4n) is 3.48. The molecule has 0 fully saturated rings. The number of hydrogen-bond acceptors (Lipinski definition) is 3. The molecule has 4 nitrogen and oxygen atoms in total. The van der Waals surface area contributed by atoms with E-state index < -0.39 is 6.04 Å². The lowest BCUT2D eigenvalue weighted by Gasteiger charge is -2.29. The van der Waals surface area contributed by atoms with Crippen LogP contribution in [0.5, 0.6) is 0 Å². The van der Waals surface area contributed by atoms with Crippen molar-refractivity contribution in [2.75, 3.05) is 12.3 Å². The van der Waals surface area contributed by atoms with Gasteiger partial charge in [-0.2, -0.15) is 0 Å². The number of rotatable bonds is 10. The molecule has 0 saturated carbocycles. The van der Waals surface area contributed by atoms with E-state index in [1.54, 1.807) is 16.7 Å². The third kappa shape index (κ3) is 7.52. The largest absolute Gasteiger partial charge is 0.354 e. The standard InChI is InChI=1S/C25H34N2O2S/c1-6-10-26-25(29)21(5)27(15-22-9-7-8-18(2)12-22)24(28)17-30-16-23-13-19(3)11-20(4)14-23/h7-9,11-14,21H,6,10,15-17H2,1-5H3,(H,26,29)/t21-/m1/s1. The van der Waals surface area contributed by atoms with Crippen molar-refractivity contribution < 1.29 is 9.59 Å². The average molecular weight is 427 g/mol. The van der Waals surface area contributed by atoms with Crippen molar-refractivity contribution >= 4 is 23.6 Å². The third-order valence-electron chi connectivity index (χ3n) is 4.93. The number of thioether (sulfide) groups is 1. The molecule has 0 aliphatic carbocycles. The van der Waals surface area contributed by atoms with Crippen LogP contribution in [-0.2, 0) is 21.9 Å². The van der Waals surface area contributed by atoms with Gasteiger partial charge in [0.25, 0.3) is 0 Å². The molecule has 0 bridgehead atoms. The molecular formula is C25H34N2O2S. The molecule has 0 spiro atoms. The molecule has 0 aliphatic heterocycles. The summed E-state index contributed by atoms with van der Waals surface area (Å²) in [5.74, 6) is 1.02. The second-order valence-electron chi connectivity index (χ2n) is 7.97. The van der Waals surface area contributed by atoms with Crippen molar-refractivity contribution in [2.24, 2.45) is 0 Å². The Balaban J connectivity index is 2.07. The predicted octanol–water partition coefficient (Wildman–Crippen LogP) is 4.79. The first-order valence-electron chi connectivity index (χ1n) is 10.6. The Hall–Kier alpha value is -2.27. The maximum Gasteiger partial charge on any atom is 0.242 e. The molecule has 0 aromatic heterocycles. The quantitative estimate of drug-likeness (QED) is 0.594. The summed E-state index contributed by atoms with van der Waals surface area (Å²) in [6.45, 7) is 11.1. The van der Waals surface area contributed by atoms with Gasteiger partial charge in [0.05, 0.1) is 5.75 Å². The molecule has 2 rings (SSSR count). The Labute approximate surface area is 185 Å². The van der Waals surface area contributed by atoms with Crippen molar-refractivity contribution in [1.82, 2.24) is 10.2 Å². The molecule has 2 aromatic carbocycles. The monoisotopic (exact) mass is 426 g/mol. The molecule has 2 amide bonds. The highest BCUT2D eigenvalue weighted by Crippen LogP contribution is 2.18. The summed E-state index contributed by atoms with van der Waals surface area (Å²) in [7, 11) is 0. The number of aryl methyl sites for hydroxylation is 3. The normalized spacial score (nSPS) is 11.8. The molecule has 0 aliphatic rings. The van der Waals surface area contributed by atoms with E-state index >= 15 is 0 Å². The number of nitrogens with zero attached hydrogens (tertiary/aromatic N) is 1. The average Bonchev–Trinajstić information content (AvgIpc) is 2.69. The zero-order chi connectivity index (χ0) is 22.1. The molecule has 2 aromatic rings. The van der Waals surface area contributed by atoms with Gasteiger partial charge in [-0.25, -0.2) is 0 Å². The van der Waals surface area contributed by atoms with E-state index in [0.29, 0.717) is 18.8 Å². The summed E-state index contributed by atoms with van der Waals surface area (Å²) in [5.41, 5.74) is 5.88. The van der Waals surface area contributed by atoms with Gasteiger partial charge in [-0.3, -0.25) is 9.59 Å². The van der Waals surface area contributed by atoms with Crippen molar-refractivity contribution in [3.05, 3.63) is 70.3 Å². The minimum absolute atomic E-state index is 0.00923. The second kappa shape index (κ2) is 11.8. The number of hydrogen-bond donors (Lipinski definition) is 1. The van der Waals surface area contributed by atoms with Crippen LogP contribution in [-0.4, -0.2) is 35.1 Å². The molecule has 162 valence electrons. The number of carbonyl (C=O) groups is 2. The van der Waals surface area contributed by atoms with Gasteiger partial charge in [-0.05, 0) is 45.2 Å². The molecule has 0 heterocycles. The van der Waals surface area contributed by atoms with E-state index in [-0.39, 0.29) is 11.8 Å². The van der Waals surface area contributed by atoms with Crippen molar-refractivity contribution in [3.63, 3.8) is 0 Å². The van der Waals surface area contributed by atoms with E-state index in [1.807, 2.05) is 39.0 Å². The molecule has 1 atom stereocenters. The lowest BCUT2D eigenvalue weighted by molar-refractivity contribution is -0.138. The number of amides is 2. The highest BCUT2D eigenvalue weighted by Gasteiger charge is 2.25. The van der Waals surface area contributed by atoms with Gasteiger partial charge >= 0.3 is 0 Å². The molecule has 0 radical (unpaired) electrons. The highest BCUT2D eigenvalue weighted by atomic mass is 32.2. The summed E-state index contributed by atoms with van der Waals surface area (Å²) in [4.78, 5) is 27.4. The molecule has 30 heavy (non-hydrogen) atoms. The Morgan fingerprint density at radius 2 is 1.67 bits per heavy atom. The molecule has 5 heteroatoms. The van der Waals surface area contributed by atoms with Crippen LogP contribution in [0.1, 0.15) is 48.1 Å². The first-order valence-corrected chi connectivity index (χ1v) is 11.7. The predicted molar refractivity (Wildman–Crippen MR) is 127 cm³/mol. The van der Waals surface area contributed by atoms with Crippen molar-refractivity contribution in [1.29, 1.82) is 0 Å². The van der Waals surface area contributed by atoms with Gasteiger partial charge in [0.1, 0.15) is 6.04 Å². The Bertz CT molecular complexity index is 846. The summed E-state index contributed by atoms with van der Waals surface area (Å²) in [5, 5.41) is 2.92. The van der Waals surface area contributed by atoms with Crippen LogP contribution in [0.3, 0.4) is 0 Å². The Morgan fingerprint density at radius 3 is 2.30 bits per heavy atom. The smallest absolute Gasteiger partial charge is 0.242 e. The summed E-state index contributed by atoms with van der Waals surface area (Å²) in [6.07, 6.45) is 0.871. The summed E-state index contributed by atoms with van der Waals surface area (Å²) >= 11 is 1.60. The van der Waals surface area contributed by atoms with E-state index in [9.17, 15) is 9.59 Å². The van der Waals surface area contributed by atoms with E-state index in [4.69, 9.17) is 0 Å². The SMILES string of the molecule is CCCNC(=O)[C@@H](C)N(Cc1cccc(C)c1)C(=O)CSCc1cc(C)cc(C)c1. The minimum atomic E-state index is -0.508. The minimum Gasteiger partial charge on any atom is -0.354 e. The van der Waals surface area contributed by atoms with E-state index in [2.05, 4.69) is 43.4 Å². The van der Waals surface area contributed by atoms with Gasteiger partial charge < -0.3 is 10.2 Å². The van der Waals surface area contributed by atoms with Crippen LogP contribution in [0.4, 0.5) is 0 Å². The molecule has 1 N–H and O–H groups in total. The Morgan fingerprint density at radius 1 is 1.00 bits per heavy atom. The van der Waals surface area contributed by atoms with Gasteiger partial charge in [-0.15, -0.1) is 11.8 Å². The third-order valence-corrected chi connectivity index (χ3v) is 5.92. The van der Waals surface area contributed by atoms with Crippen LogP contribution in [0.25, 0.3) is 0 Å². The zero-order valence-corrected chi connectivity index (χ0v) is 19.6. The first kappa shape index (κ1) is 24.0. The molecular weight excluding hydrogens is 392 g/mol. The van der Waals surface area contributed by atoms with Crippen molar-refractivity contribution in [2.45, 2.75) is 59.4 Å². The van der Waals surface area contributed by atoms with Gasteiger partial charge in [0, 0.05) is 18.8 Å². The first-order chi connectivity index (χ1) is 14.3. The van der Waals surface area contributed by atoms with Crippen LogP contribution < -0.4 is 5.32 Å². The van der Waals surface area contributed by atoms with Gasteiger partial charge in [0.15, 0.2) is 0 Å². The number of nitrogens with one attached hydrogen (secondary N) is 1. The maximum absolute atomic E-state index is 13.1. The molecule has 0 saturated heterocycles. The maximum atomic E-state index is 13.1. The summed E-state index contributed by atoms with van der Waals surface area (Å²) < 4.78 is 0. The van der Waals surface area contributed by atoms with Crippen LogP contribution >= 0.6 is 11.8 Å². The van der Waals surface area contributed by atoms with Crippen molar-refractivity contribution in [3.8, 4) is 0 Å². The fourth-order valence-corrected chi connectivity index (χ4v) is 4.32. The number of carbonyl (C=O) groups excluding carboxylic acids is 2. The van der Waals surface area contributed by atoms with E-state index in [1.165, 1.54) is 16.7 Å². The number of benzene rings is 2. The highest BCUT2D eigenvalue weighted by molar-refractivity contribution is 7.99. The lowest BCUT2D eigenvalue weighted by atomic mass is 10.1. The summed E-state index contributed by atoms with van der Waals surface area (Å²) in [6, 6.07) is 14.1. The fraction of sp³-hybridized carbons (Fsp3) is 0.440. The van der Waals surface area contributed by atoms with Crippen LogP contribution in [0, 0.1) is 20.8 Å². The Kier molecular flexibility index (Phi) is 9.44. The lowest BCUT2D eigenvalue weighted by Crippen LogP contribution is -2.48. The van der Waals surface area contributed by atoms with Crippen LogP contribution in [0.2, 0.25) is 0 Å². The zero-order valence-electron chi connectivity index (χ0n) is 18.8. The topological polar surface area (TPSA) is 49.4 Å². The second-order valence-corrected chi connectivity index (χ2v) is 8.95. The van der Waals surface area contributed by atoms with Gasteiger partial charge in [0.2, 0.25) is 11.8 Å². The van der Waals surface area contributed by atoms with Gasteiger partial charge in [-0.1, -0.05) is 66.1 Å². The molecule has 0 unspecified atom stereocenters.